The Labute approximate surface area is 153 Å². The van der Waals surface area contributed by atoms with E-state index >= 15 is 0 Å². The van der Waals surface area contributed by atoms with E-state index in [1.165, 1.54) is 24.7 Å². The number of carbonyl (C=O) groups excluding carboxylic acids is 2. The molecule has 0 fully saturated rings. The second kappa shape index (κ2) is 6.56. The molecule has 1 atom stereocenters. The quantitative estimate of drug-likeness (QED) is 0.746. The van der Waals surface area contributed by atoms with E-state index in [9.17, 15) is 14.0 Å². The van der Waals surface area contributed by atoms with E-state index in [4.69, 9.17) is 4.74 Å². The van der Waals surface area contributed by atoms with Gasteiger partial charge in [-0.25, -0.2) is 9.37 Å². The Hall–Kier alpha value is -3.68. The smallest absolute Gasteiger partial charge is 0.274 e. The summed E-state index contributed by atoms with van der Waals surface area (Å²) in [7, 11) is 0. The number of benzene rings is 2. The number of anilines is 2. The van der Waals surface area contributed by atoms with E-state index in [1.807, 2.05) is 0 Å². The van der Waals surface area contributed by atoms with Gasteiger partial charge in [-0.15, -0.1) is 0 Å². The first-order valence-electron chi connectivity index (χ1n) is 8.22. The molecule has 0 radical (unpaired) electrons. The Morgan fingerprint density at radius 3 is 2.81 bits per heavy atom. The summed E-state index contributed by atoms with van der Waals surface area (Å²) in [6, 6.07) is 10.7. The Morgan fingerprint density at radius 1 is 1.26 bits per heavy atom. The highest BCUT2D eigenvalue weighted by Crippen LogP contribution is 2.32. The van der Waals surface area contributed by atoms with Crippen LogP contribution in [0.4, 0.5) is 15.8 Å². The molecule has 2 heterocycles. The zero-order valence-electron chi connectivity index (χ0n) is 14.3. The molecule has 27 heavy (non-hydrogen) atoms. The van der Waals surface area contributed by atoms with E-state index < -0.39 is 12.0 Å². The van der Waals surface area contributed by atoms with Crippen molar-refractivity contribution in [2.75, 3.05) is 10.6 Å². The lowest BCUT2D eigenvalue weighted by atomic mass is 10.2. The highest BCUT2D eigenvalue weighted by molar-refractivity contribution is 6.04. The molecule has 0 unspecified atom stereocenters. The van der Waals surface area contributed by atoms with Crippen LogP contribution in [0.25, 0.3) is 5.69 Å². The minimum Gasteiger partial charge on any atom is -0.479 e. The fraction of sp³-hybridized carbons (Fsp3) is 0.105. The van der Waals surface area contributed by atoms with Gasteiger partial charge in [0.2, 0.25) is 0 Å². The Bertz CT molecular complexity index is 1030. The molecule has 1 aliphatic rings. The molecule has 7 nitrogen and oxygen atoms in total. The summed E-state index contributed by atoms with van der Waals surface area (Å²) in [6.07, 6.45) is 2.33. The van der Waals surface area contributed by atoms with Crippen LogP contribution in [0.15, 0.2) is 55.0 Å². The van der Waals surface area contributed by atoms with Crippen LogP contribution in [-0.4, -0.2) is 27.5 Å². The lowest BCUT2D eigenvalue weighted by molar-refractivity contribution is -0.122. The molecule has 0 aliphatic carbocycles. The van der Waals surface area contributed by atoms with Gasteiger partial charge in [0.1, 0.15) is 17.3 Å². The molecule has 136 valence electrons. The maximum Gasteiger partial charge on any atom is 0.274 e. The molecule has 4 rings (SSSR count). The van der Waals surface area contributed by atoms with Gasteiger partial charge in [-0.3, -0.25) is 14.2 Å². The Morgan fingerprint density at radius 2 is 2.04 bits per heavy atom. The van der Waals surface area contributed by atoms with Gasteiger partial charge in [-0.1, -0.05) is 0 Å². The van der Waals surface area contributed by atoms with Gasteiger partial charge >= 0.3 is 0 Å². The van der Waals surface area contributed by atoms with Crippen LogP contribution in [0.1, 0.15) is 17.4 Å². The SMILES string of the molecule is C[C@H]1Oc2ccc(NC(=O)c3cncn3-c3ccc(F)cc3)cc2NC1=O. The zero-order chi connectivity index (χ0) is 19.0. The molecule has 0 bridgehead atoms. The molecule has 0 saturated heterocycles. The molecule has 2 amide bonds. The van der Waals surface area contributed by atoms with E-state index in [0.717, 1.165) is 0 Å². The van der Waals surface area contributed by atoms with Gasteiger partial charge in [-0.2, -0.15) is 0 Å². The van der Waals surface area contributed by atoms with Crippen molar-refractivity contribution >= 4 is 23.2 Å². The normalized spacial score (nSPS) is 15.5. The zero-order valence-corrected chi connectivity index (χ0v) is 14.3. The highest BCUT2D eigenvalue weighted by Gasteiger charge is 2.24. The minimum atomic E-state index is -0.567. The van der Waals surface area contributed by atoms with Gasteiger partial charge in [-0.05, 0) is 49.4 Å². The number of halogens is 1. The van der Waals surface area contributed by atoms with Crippen molar-refractivity contribution < 1.29 is 18.7 Å². The van der Waals surface area contributed by atoms with Crippen molar-refractivity contribution in [3.8, 4) is 11.4 Å². The summed E-state index contributed by atoms with van der Waals surface area (Å²) >= 11 is 0. The molecule has 0 spiro atoms. The van der Waals surface area contributed by atoms with Crippen LogP contribution in [0.5, 0.6) is 5.75 Å². The number of aromatic nitrogens is 2. The Kier molecular flexibility index (Phi) is 4.08. The van der Waals surface area contributed by atoms with Gasteiger partial charge in [0, 0.05) is 11.4 Å². The third kappa shape index (κ3) is 3.24. The average Bonchev–Trinajstić information content (AvgIpc) is 3.13. The summed E-state index contributed by atoms with van der Waals surface area (Å²) < 4.78 is 20.2. The van der Waals surface area contributed by atoms with Crippen LogP contribution in [0.3, 0.4) is 0 Å². The number of hydrogen-bond donors (Lipinski definition) is 2. The average molecular weight is 366 g/mol. The summed E-state index contributed by atoms with van der Waals surface area (Å²) in [4.78, 5) is 28.4. The summed E-state index contributed by atoms with van der Waals surface area (Å²) in [5.41, 5.74) is 1.87. The fourth-order valence-electron chi connectivity index (χ4n) is 2.75. The predicted molar refractivity (Wildman–Crippen MR) is 96.6 cm³/mol. The second-order valence-electron chi connectivity index (χ2n) is 6.04. The molecule has 1 aliphatic heterocycles. The molecule has 2 N–H and O–H groups in total. The number of carbonyl (C=O) groups is 2. The van der Waals surface area contributed by atoms with Gasteiger partial charge in [0.25, 0.3) is 11.8 Å². The lowest BCUT2D eigenvalue weighted by Gasteiger charge is -2.23. The molecule has 8 heteroatoms. The lowest BCUT2D eigenvalue weighted by Crippen LogP contribution is -2.34. The maximum absolute atomic E-state index is 13.1. The van der Waals surface area contributed by atoms with Crippen LogP contribution in [0.2, 0.25) is 0 Å². The third-order valence-electron chi connectivity index (χ3n) is 4.14. The number of hydrogen-bond acceptors (Lipinski definition) is 4. The maximum atomic E-state index is 13.1. The topological polar surface area (TPSA) is 85.2 Å². The first-order valence-corrected chi connectivity index (χ1v) is 8.22. The number of fused-ring (bicyclic) bond motifs is 1. The van der Waals surface area contributed by atoms with Crippen LogP contribution >= 0.6 is 0 Å². The van der Waals surface area contributed by atoms with Crippen LogP contribution in [-0.2, 0) is 4.79 Å². The van der Waals surface area contributed by atoms with Crippen molar-refractivity contribution in [2.45, 2.75) is 13.0 Å². The summed E-state index contributed by atoms with van der Waals surface area (Å²) in [5, 5.41) is 5.49. The van der Waals surface area contributed by atoms with E-state index in [2.05, 4.69) is 15.6 Å². The molecule has 2 aromatic carbocycles. The number of rotatable bonds is 3. The largest absolute Gasteiger partial charge is 0.479 e. The highest BCUT2D eigenvalue weighted by atomic mass is 19.1. The number of imidazole rings is 1. The van der Waals surface area contributed by atoms with Crippen LogP contribution in [0, 0.1) is 5.82 Å². The number of nitrogens with zero attached hydrogens (tertiary/aromatic N) is 2. The number of amides is 2. The molecule has 0 saturated carbocycles. The standard InChI is InChI=1S/C19H15FN4O3/c1-11-18(25)23-15-8-13(4-7-17(15)27-11)22-19(26)16-9-21-10-24(16)14-5-2-12(20)3-6-14/h2-11H,1H3,(H,22,26)(H,23,25)/t11-/m1/s1. The summed E-state index contributed by atoms with van der Waals surface area (Å²) in [6.45, 7) is 1.66. The van der Waals surface area contributed by atoms with E-state index in [1.54, 1.807) is 41.8 Å². The van der Waals surface area contributed by atoms with E-state index in [0.29, 0.717) is 22.8 Å². The molecular weight excluding hydrogens is 351 g/mol. The summed E-state index contributed by atoms with van der Waals surface area (Å²) in [5.74, 6) is -0.470. The fourth-order valence-corrected chi connectivity index (χ4v) is 2.75. The first kappa shape index (κ1) is 16.8. The van der Waals surface area contributed by atoms with Crippen molar-refractivity contribution in [1.29, 1.82) is 0 Å². The van der Waals surface area contributed by atoms with Gasteiger partial charge < -0.3 is 15.4 Å². The first-order chi connectivity index (χ1) is 13.0. The molecule has 1 aromatic heterocycles. The van der Waals surface area contributed by atoms with Crippen molar-refractivity contribution in [3.63, 3.8) is 0 Å². The van der Waals surface area contributed by atoms with Crippen molar-refractivity contribution in [2.24, 2.45) is 0 Å². The van der Waals surface area contributed by atoms with E-state index in [-0.39, 0.29) is 17.4 Å². The molecule has 3 aromatic rings. The monoisotopic (exact) mass is 366 g/mol. The van der Waals surface area contributed by atoms with Crippen LogP contribution < -0.4 is 15.4 Å². The van der Waals surface area contributed by atoms with Gasteiger partial charge in [0.15, 0.2) is 6.10 Å². The third-order valence-corrected chi connectivity index (χ3v) is 4.14. The van der Waals surface area contributed by atoms with Crippen molar-refractivity contribution in [1.82, 2.24) is 9.55 Å². The number of ether oxygens (including phenoxy) is 1. The Balaban J connectivity index is 1.57. The molecular formula is C19H15FN4O3. The minimum absolute atomic E-state index is 0.250. The second-order valence-corrected chi connectivity index (χ2v) is 6.04. The predicted octanol–water partition coefficient (Wildman–Crippen LogP) is 2.98. The van der Waals surface area contributed by atoms with Gasteiger partial charge in [0.05, 0.1) is 18.2 Å². The van der Waals surface area contributed by atoms with Crippen molar-refractivity contribution in [3.05, 3.63) is 66.5 Å². The number of nitrogens with one attached hydrogen (secondary N) is 2.